The summed E-state index contributed by atoms with van der Waals surface area (Å²) in [5, 5.41) is 5.45. The van der Waals surface area contributed by atoms with Crippen molar-refractivity contribution in [1.29, 1.82) is 0 Å². The summed E-state index contributed by atoms with van der Waals surface area (Å²) in [4.78, 5) is 38.1. The fourth-order valence-electron chi connectivity index (χ4n) is 3.52. The van der Waals surface area contributed by atoms with Gasteiger partial charge in [-0.25, -0.2) is 4.39 Å². The van der Waals surface area contributed by atoms with Gasteiger partial charge in [-0.2, -0.15) is 0 Å². The van der Waals surface area contributed by atoms with Crippen molar-refractivity contribution in [2.75, 3.05) is 11.9 Å². The normalized spacial score (nSPS) is 13.5. The van der Waals surface area contributed by atoms with Crippen LogP contribution in [0.1, 0.15) is 65.7 Å². The lowest BCUT2D eigenvalue weighted by molar-refractivity contribution is -0.117. The van der Waals surface area contributed by atoms with Gasteiger partial charge in [0.25, 0.3) is 17.6 Å². The molecule has 0 atom stereocenters. The number of carbonyl (C=O) groups is 3. The Morgan fingerprint density at radius 3 is 2.53 bits per heavy atom. The monoisotopic (exact) mass is 413 g/mol. The molecule has 3 rings (SSSR count). The minimum Gasteiger partial charge on any atom is -0.349 e. The van der Waals surface area contributed by atoms with Gasteiger partial charge in [-0.05, 0) is 61.4 Å². The molecule has 2 N–H and O–H groups in total. The van der Waals surface area contributed by atoms with Crippen molar-refractivity contribution in [3.05, 3.63) is 52.6 Å². The fraction of sp³-hybridized carbons (Fsp3) is 0.435. The van der Waals surface area contributed by atoms with Crippen LogP contribution in [0.5, 0.6) is 0 Å². The zero-order valence-corrected chi connectivity index (χ0v) is 17.9. The van der Waals surface area contributed by atoms with Crippen molar-refractivity contribution in [2.24, 2.45) is 5.41 Å². The smallest absolute Gasteiger partial charge is 0.294 e. The Hall–Kier alpha value is -2.96. The molecule has 7 heteroatoms. The molecule has 0 radical (unpaired) electrons. The molecule has 0 spiro atoms. The van der Waals surface area contributed by atoms with Crippen molar-refractivity contribution in [2.45, 2.75) is 53.5 Å². The van der Waals surface area contributed by atoms with E-state index in [1.807, 2.05) is 20.8 Å². The number of hydrogen-bond acceptors (Lipinski definition) is 3. The van der Waals surface area contributed by atoms with E-state index in [1.54, 1.807) is 17.6 Å². The molecule has 1 aromatic carbocycles. The Bertz CT molecular complexity index is 1000. The molecule has 0 unspecified atom stereocenters. The van der Waals surface area contributed by atoms with Crippen LogP contribution in [0.4, 0.5) is 10.1 Å². The highest BCUT2D eigenvalue weighted by atomic mass is 19.1. The number of ketones is 1. The van der Waals surface area contributed by atoms with Crippen molar-refractivity contribution in [3.8, 4) is 0 Å². The Kier molecular flexibility index (Phi) is 6.10. The molecule has 0 fully saturated rings. The molecule has 2 aromatic rings. The predicted octanol–water partition coefficient (Wildman–Crippen LogP) is 3.87. The largest absolute Gasteiger partial charge is 0.349 e. The van der Waals surface area contributed by atoms with Crippen LogP contribution in [0, 0.1) is 18.2 Å². The van der Waals surface area contributed by atoms with Crippen LogP contribution in [0.15, 0.2) is 24.3 Å². The number of nitrogens with zero attached hydrogens (tertiary/aromatic N) is 1. The van der Waals surface area contributed by atoms with Gasteiger partial charge in [0.1, 0.15) is 5.82 Å². The number of aryl methyl sites for hydroxylation is 1. The Morgan fingerprint density at radius 2 is 1.87 bits per heavy atom. The quantitative estimate of drug-likeness (QED) is 0.577. The highest BCUT2D eigenvalue weighted by molar-refractivity contribution is 6.42. The molecule has 2 heterocycles. The standard InChI is InChI=1S/C23H28FN3O3/c1-14-11-15(8-9-17(14)24)26-21(29)16-12-19(27-10-6-5-7-18(16)27)20(28)22(30)25-13-23(2,3)4/h8-9,11-12H,5-7,10,13H2,1-4H3,(H,25,30)(H,26,29). The molecule has 0 saturated carbocycles. The van der Waals surface area contributed by atoms with Gasteiger partial charge in [-0.1, -0.05) is 20.8 Å². The van der Waals surface area contributed by atoms with Crippen molar-refractivity contribution in [1.82, 2.24) is 9.88 Å². The third-order valence-corrected chi connectivity index (χ3v) is 5.13. The Balaban J connectivity index is 1.86. The highest BCUT2D eigenvalue weighted by Crippen LogP contribution is 2.26. The summed E-state index contributed by atoms with van der Waals surface area (Å²) in [6.45, 7) is 8.50. The molecule has 6 nitrogen and oxygen atoms in total. The van der Waals surface area contributed by atoms with E-state index in [-0.39, 0.29) is 22.8 Å². The molecular formula is C23H28FN3O3. The van der Waals surface area contributed by atoms with Crippen LogP contribution < -0.4 is 10.6 Å². The first kappa shape index (κ1) is 21.7. The summed E-state index contributed by atoms with van der Waals surface area (Å²) in [5.41, 5.74) is 2.13. The van der Waals surface area contributed by atoms with E-state index in [4.69, 9.17) is 0 Å². The maximum Gasteiger partial charge on any atom is 0.294 e. The van der Waals surface area contributed by atoms with E-state index >= 15 is 0 Å². The van der Waals surface area contributed by atoms with Crippen LogP contribution in [0.25, 0.3) is 0 Å². The van der Waals surface area contributed by atoms with Crippen molar-refractivity contribution < 1.29 is 18.8 Å². The van der Waals surface area contributed by atoms with Crippen molar-refractivity contribution >= 4 is 23.3 Å². The SMILES string of the molecule is Cc1cc(NC(=O)c2cc(C(=O)C(=O)NCC(C)(C)C)n3c2CCCC3)ccc1F. The minimum absolute atomic E-state index is 0.146. The van der Waals surface area contributed by atoms with E-state index in [0.717, 1.165) is 18.5 Å². The number of hydrogen-bond donors (Lipinski definition) is 2. The lowest BCUT2D eigenvalue weighted by atomic mass is 9.97. The summed E-state index contributed by atoms with van der Waals surface area (Å²) in [7, 11) is 0. The number of carbonyl (C=O) groups excluding carboxylic acids is 3. The Labute approximate surface area is 175 Å². The first-order valence-electron chi connectivity index (χ1n) is 10.2. The third kappa shape index (κ3) is 4.78. The van der Waals surface area contributed by atoms with E-state index in [2.05, 4.69) is 10.6 Å². The molecule has 160 valence electrons. The van der Waals surface area contributed by atoms with E-state index in [0.29, 0.717) is 36.3 Å². The molecular weight excluding hydrogens is 385 g/mol. The van der Waals surface area contributed by atoms with Crippen LogP contribution in [-0.2, 0) is 17.8 Å². The van der Waals surface area contributed by atoms with Gasteiger partial charge >= 0.3 is 0 Å². The summed E-state index contributed by atoms with van der Waals surface area (Å²) >= 11 is 0. The molecule has 1 aliphatic rings. The number of amides is 2. The van der Waals surface area contributed by atoms with Crippen molar-refractivity contribution in [3.63, 3.8) is 0 Å². The number of halogens is 1. The Morgan fingerprint density at radius 1 is 1.13 bits per heavy atom. The maximum atomic E-state index is 13.5. The zero-order valence-electron chi connectivity index (χ0n) is 17.9. The van der Waals surface area contributed by atoms with E-state index < -0.39 is 11.7 Å². The van der Waals surface area contributed by atoms with E-state index in [9.17, 15) is 18.8 Å². The predicted molar refractivity (Wildman–Crippen MR) is 113 cm³/mol. The summed E-state index contributed by atoms with van der Waals surface area (Å²) in [5.74, 6) is -2.03. The summed E-state index contributed by atoms with van der Waals surface area (Å²) < 4.78 is 15.3. The summed E-state index contributed by atoms with van der Waals surface area (Å²) in [6.07, 6.45) is 2.44. The van der Waals surface area contributed by atoms with Crippen LogP contribution in [0.3, 0.4) is 0 Å². The van der Waals surface area contributed by atoms with Gasteiger partial charge in [-0.15, -0.1) is 0 Å². The summed E-state index contributed by atoms with van der Waals surface area (Å²) in [6, 6.07) is 5.86. The average Bonchev–Trinajstić information content (AvgIpc) is 3.07. The maximum absolute atomic E-state index is 13.5. The molecule has 1 aliphatic heterocycles. The topological polar surface area (TPSA) is 80.2 Å². The van der Waals surface area contributed by atoms with Gasteiger partial charge in [0.15, 0.2) is 0 Å². The van der Waals surface area contributed by atoms with Crippen LogP contribution >= 0.6 is 0 Å². The molecule has 2 amide bonds. The van der Waals surface area contributed by atoms with Gasteiger partial charge in [0.05, 0.1) is 11.3 Å². The second-order valence-electron chi connectivity index (χ2n) is 8.99. The molecule has 1 aromatic heterocycles. The molecule has 0 saturated heterocycles. The number of nitrogens with one attached hydrogen (secondary N) is 2. The zero-order chi connectivity index (χ0) is 22.1. The number of Topliss-reactive ketones (excluding diaryl/α,β-unsaturated/α-hetero) is 1. The number of aromatic nitrogens is 1. The lowest BCUT2D eigenvalue weighted by Gasteiger charge is -2.20. The van der Waals surface area contributed by atoms with Gasteiger partial charge < -0.3 is 15.2 Å². The van der Waals surface area contributed by atoms with Gasteiger partial charge in [-0.3, -0.25) is 14.4 Å². The minimum atomic E-state index is -0.670. The third-order valence-electron chi connectivity index (χ3n) is 5.13. The van der Waals surface area contributed by atoms with Crippen LogP contribution in [0.2, 0.25) is 0 Å². The number of benzene rings is 1. The average molecular weight is 413 g/mol. The molecule has 30 heavy (non-hydrogen) atoms. The second kappa shape index (κ2) is 8.42. The lowest BCUT2D eigenvalue weighted by Crippen LogP contribution is -2.37. The fourth-order valence-corrected chi connectivity index (χ4v) is 3.52. The molecule has 0 bridgehead atoms. The van der Waals surface area contributed by atoms with Crippen LogP contribution in [-0.4, -0.2) is 28.7 Å². The molecule has 0 aliphatic carbocycles. The first-order chi connectivity index (χ1) is 14.1. The highest BCUT2D eigenvalue weighted by Gasteiger charge is 2.29. The van der Waals surface area contributed by atoms with Gasteiger partial charge in [0.2, 0.25) is 0 Å². The number of anilines is 1. The van der Waals surface area contributed by atoms with Gasteiger partial charge in [0, 0.05) is 24.5 Å². The number of fused-ring (bicyclic) bond motifs is 1. The van der Waals surface area contributed by atoms with E-state index in [1.165, 1.54) is 18.2 Å². The first-order valence-corrected chi connectivity index (χ1v) is 10.2. The second-order valence-corrected chi connectivity index (χ2v) is 8.99. The number of rotatable bonds is 5.